The Morgan fingerprint density at radius 1 is 1.13 bits per heavy atom. The number of para-hydroxylation sites is 1. The van der Waals surface area contributed by atoms with Crippen LogP contribution in [0.4, 0.5) is 14.5 Å². The van der Waals surface area contributed by atoms with Gasteiger partial charge in [0.1, 0.15) is 30.2 Å². The van der Waals surface area contributed by atoms with E-state index in [1.165, 1.54) is 13.1 Å². The first-order valence-electron chi connectivity index (χ1n) is 9.19. The highest BCUT2D eigenvalue weighted by molar-refractivity contribution is 6.51. The van der Waals surface area contributed by atoms with Crippen molar-refractivity contribution in [1.29, 1.82) is 0 Å². The Labute approximate surface area is 178 Å². The fraction of sp³-hybridized carbons (Fsp3) is 0.0909. The van der Waals surface area contributed by atoms with Gasteiger partial charge in [0.2, 0.25) is 0 Å². The molecule has 1 amide bonds. The summed E-state index contributed by atoms with van der Waals surface area (Å²) in [6.07, 6.45) is 3.68. The Morgan fingerprint density at radius 3 is 2.53 bits per heavy atom. The monoisotopic (exact) mass is 422 g/mol. The smallest absolute Gasteiger partial charge is 0.259 e. The molecule has 2 aromatic carbocycles. The first-order valence-corrected chi connectivity index (χ1v) is 9.57. The fourth-order valence-corrected chi connectivity index (χ4v) is 3.58. The number of pyridine rings is 1. The van der Waals surface area contributed by atoms with Crippen LogP contribution < -0.4 is 10.4 Å². The number of rotatable bonds is 4. The molecule has 0 spiro atoms. The number of aromatic nitrogens is 2. The maximum Gasteiger partial charge on any atom is 0.259 e. The molecule has 4 nitrogen and oxygen atoms in total. The molecule has 0 saturated carbocycles. The number of benzene rings is 2. The van der Waals surface area contributed by atoms with Gasteiger partial charge in [0.05, 0.1) is 22.5 Å². The van der Waals surface area contributed by atoms with E-state index in [1.807, 2.05) is 36.8 Å². The third kappa shape index (κ3) is 3.46. The van der Waals surface area contributed by atoms with Gasteiger partial charge in [-0.25, -0.2) is 13.8 Å². The Kier molecular flexibility index (Phi) is 5.30. The van der Waals surface area contributed by atoms with Crippen LogP contribution in [-0.2, 0) is 0 Å². The summed E-state index contributed by atoms with van der Waals surface area (Å²) in [4.78, 5) is 18.2. The van der Waals surface area contributed by atoms with Crippen molar-refractivity contribution in [2.75, 3.05) is 11.9 Å². The summed E-state index contributed by atoms with van der Waals surface area (Å²) in [6, 6.07) is 12.2. The molecule has 0 aliphatic heterocycles. The van der Waals surface area contributed by atoms with Crippen molar-refractivity contribution in [2.24, 2.45) is 0 Å². The molecule has 2 aromatic heterocycles. The topological polar surface area (TPSA) is 37.6 Å². The van der Waals surface area contributed by atoms with Crippen LogP contribution in [0.3, 0.4) is 0 Å². The van der Waals surface area contributed by atoms with Crippen molar-refractivity contribution in [3.05, 3.63) is 83.1 Å². The lowest BCUT2D eigenvalue weighted by Gasteiger charge is -2.19. The summed E-state index contributed by atoms with van der Waals surface area (Å²) in [5, 5.41) is 0.175. The fourth-order valence-electron chi connectivity index (χ4n) is 3.32. The molecule has 4 aromatic rings. The first-order chi connectivity index (χ1) is 14.4. The Bertz CT molecular complexity index is 1250. The molecule has 0 bridgehead atoms. The summed E-state index contributed by atoms with van der Waals surface area (Å²) in [6.45, 7) is 1.95. The Hall–Kier alpha value is -3.19. The van der Waals surface area contributed by atoms with E-state index in [4.69, 9.17) is 11.6 Å². The average Bonchev–Trinajstić information content (AvgIpc) is 3.16. The minimum atomic E-state index is -0.826. The largest absolute Gasteiger partial charge is 0.306 e. The minimum absolute atomic E-state index is 0.141. The maximum absolute atomic E-state index is 14.1. The van der Waals surface area contributed by atoms with E-state index >= 15 is 0 Å². The van der Waals surface area contributed by atoms with Crippen LogP contribution in [0, 0.1) is 11.6 Å². The molecule has 8 heteroatoms. The van der Waals surface area contributed by atoms with E-state index in [0.717, 1.165) is 39.4 Å². The van der Waals surface area contributed by atoms with E-state index in [0.29, 0.717) is 0 Å². The van der Waals surface area contributed by atoms with E-state index in [-0.39, 0.29) is 10.6 Å². The summed E-state index contributed by atoms with van der Waals surface area (Å²) in [7, 11) is 3.29. The van der Waals surface area contributed by atoms with E-state index < -0.39 is 23.2 Å². The number of nitrogens with zero attached hydrogens (tertiary/aromatic N) is 3. The number of hydrogen-bond donors (Lipinski definition) is 0. The van der Waals surface area contributed by atoms with E-state index in [2.05, 4.69) is 4.98 Å². The number of anilines is 1. The lowest BCUT2D eigenvalue weighted by Crippen LogP contribution is -2.28. The molecule has 1 radical (unpaired) electrons. The molecule has 0 atom stereocenters. The number of hydrogen-bond acceptors (Lipinski definition) is 2. The number of halogens is 3. The molecule has 2 heterocycles. The second kappa shape index (κ2) is 7.92. The van der Waals surface area contributed by atoms with Crippen molar-refractivity contribution in [2.45, 2.75) is 6.82 Å². The van der Waals surface area contributed by atoms with Gasteiger partial charge < -0.3 is 9.30 Å². The molecule has 149 valence electrons. The van der Waals surface area contributed by atoms with Gasteiger partial charge in [-0.15, -0.1) is 0 Å². The van der Waals surface area contributed by atoms with Gasteiger partial charge >= 0.3 is 0 Å². The van der Waals surface area contributed by atoms with Gasteiger partial charge in [0, 0.05) is 18.8 Å². The average molecular weight is 423 g/mol. The number of fused-ring (bicyclic) bond motifs is 1. The Morgan fingerprint density at radius 2 is 1.87 bits per heavy atom. The number of amides is 1. The Balaban J connectivity index is 1.71. The van der Waals surface area contributed by atoms with Crippen LogP contribution in [0.2, 0.25) is 11.8 Å². The SMILES string of the molecule is C[B]c1ccc2ncc(-c3ccc(C(=O)N(C)c4c(F)cccc4F)c(Cl)c3)n2c1. The van der Waals surface area contributed by atoms with Crippen molar-refractivity contribution in [3.8, 4) is 11.3 Å². The summed E-state index contributed by atoms with van der Waals surface area (Å²) in [5.74, 6) is -2.27. The highest BCUT2D eigenvalue weighted by Gasteiger charge is 2.22. The van der Waals surface area contributed by atoms with Crippen molar-refractivity contribution >= 4 is 41.6 Å². The second-order valence-electron chi connectivity index (χ2n) is 6.75. The molecule has 4 rings (SSSR count). The lowest BCUT2D eigenvalue weighted by molar-refractivity contribution is 0.0991. The molecule has 30 heavy (non-hydrogen) atoms. The third-order valence-corrected chi connectivity index (χ3v) is 5.25. The highest BCUT2D eigenvalue weighted by atomic mass is 35.5. The number of carbonyl (C=O) groups excluding carboxylic acids is 1. The zero-order valence-electron chi connectivity index (χ0n) is 16.2. The zero-order valence-corrected chi connectivity index (χ0v) is 17.0. The second-order valence-corrected chi connectivity index (χ2v) is 7.16. The molecule has 0 unspecified atom stereocenters. The summed E-state index contributed by atoms with van der Waals surface area (Å²) >= 11 is 6.39. The van der Waals surface area contributed by atoms with Crippen LogP contribution in [0.15, 0.2) is 60.9 Å². The van der Waals surface area contributed by atoms with Gasteiger partial charge in [0.25, 0.3) is 5.91 Å². The van der Waals surface area contributed by atoms with E-state index in [1.54, 1.807) is 24.4 Å². The van der Waals surface area contributed by atoms with Gasteiger partial charge in [0.15, 0.2) is 0 Å². The quantitative estimate of drug-likeness (QED) is 0.451. The number of imidazole rings is 1. The summed E-state index contributed by atoms with van der Waals surface area (Å²) < 4.78 is 30.1. The highest BCUT2D eigenvalue weighted by Crippen LogP contribution is 2.29. The van der Waals surface area contributed by atoms with Crippen LogP contribution in [0.25, 0.3) is 16.9 Å². The predicted molar refractivity (Wildman–Crippen MR) is 116 cm³/mol. The molecule has 0 aliphatic rings. The zero-order chi connectivity index (χ0) is 21.4. The van der Waals surface area contributed by atoms with Crippen LogP contribution in [-0.4, -0.2) is 29.6 Å². The lowest BCUT2D eigenvalue weighted by atomic mass is 9.74. The van der Waals surface area contributed by atoms with Crippen LogP contribution >= 0.6 is 11.6 Å². The third-order valence-electron chi connectivity index (χ3n) is 4.93. The number of carbonyl (C=O) groups is 1. The van der Waals surface area contributed by atoms with Gasteiger partial charge in [-0.05, 0) is 30.3 Å². The van der Waals surface area contributed by atoms with Crippen molar-refractivity contribution < 1.29 is 13.6 Å². The van der Waals surface area contributed by atoms with Crippen LogP contribution in [0.5, 0.6) is 0 Å². The molecule has 0 saturated heterocycles. The van der Waals surface area contributed by atoms with Gasteiger partial charge in [-0.1, -0.05) is 42.1 Å². The standard InChI is InChI=1S/C22H16BClF2N3O/c1-23-14-7-9-20-27-11-19(29(20)12-14)13-6-8-15(16(24)10-13)22(30)28(2)21-17(25)4-3-5-18(21)26/h3-12H,1-2H3. The molecule has 0 aliphatic carbocycles. The molecule has 0 fully saturated rings. The van der Waals surface area contributed by atoms with Crippen molar-refractivity contribution in [1.82, 2.24) is 9.38 Å². The summed E-state index contributed by atoms with van der Waals surface area (Å²) in [5.41, 5.74) is 3.10. The first kappa shape index (κ1) is 20.1. The van der Waals surface area contributed by atoms with Crippen LogP contribution in [0.1, 0.15) is 10.4 Å². The predicted octanol–water partition coefficient (Wildman–Crippen LogP) is 4.59. The molecular formula is C22H16BClF2N3O. The maximum atomic E-state index is 14.1. The van der Waals surface area contributed by atoms with Crippen molar-refractivity contribution in [3.63, 3.8) is 0 Å². The van der Waals surface area contributed by atoms with E-state index in [9.17, 15) is 13.6 Å². The van der Waals surface area contributed by atoms with Gasteiger partial charge in [-0.2, -0.15) is 0 Å². The molecule has 0 N–H and O–H groups in total. The molecular weight excluding hydrogens is 407 g/mol. The normalized spacial score (nSPS) is 11.0. The minimum Gasteiger partial charge on any atom is -0.306 e. The van der Waals surface area contributed by atoms with Gasteiger partial charge in [-0.3, -0.25) is 4.79 Å².